The number of aliphatic carboxylic acids is 1. The average molecular weight is 170 g/mol. The molecule has 1 unspecified atom stereocenters. The molecule has 2 aliphatic rings. The first-order valence-corrected chi connectivity index (χ1v) is 4.55. The summed E-state index contributed by atoms with van der Waals surface area (Å²) in [7, 11) is 0. The number of rotatable bonds is 2. The van der Waals surface area contributed by atoms with Crippen molar-refractivity contribution in [3.05, 3.63) is 0 Å². The lowest BCUT2D eigenvalue weighted by molar-refractivity contribution is -0.150. The van der Waals surface area contributed by atoms with E-state index in [-0.39, 0.29) is 11.5 Å². The predicted octanol–water partition coefficient (Wildman–Crippen LogP) is 1.42. The molecule has 0 aromatic heterocycles. The number of hydrogen-bond donors (Lipinski definition) is 1. The van der Waals surface area contributed by atoms with Crippen LogP contribution in [0.15, 0.2) is 0 Å². The van der Waals surface area contributed by atoms with Crippen LogP contribution in [-0.4, -0.2) is 22.8 Å². The van der Waals surface area contributed by atoms with Crippen molar-refractivity contribution in [2.75, 3.05) is 0 Å². The van der Waals surface area contributed by atoms with Crippen LogP contribution in [0.1, 0.15) is 32.6 Å². The molecular formula is C9H14O3. The van der Waals surface area contributed by atoms with E-state index in [1.54, 1.807) is 6.92 Å². The van der Waals surface area contributed by atoms with Crippen LogP contribution in [0.25, 0.3) is 0 Å². The normalized spacial score (nSPS) is 41.6. The third kappa shape index (κ3) is 0.959. The molecule has 2 saturated heterocycles. The number of carboxylic acid groups (broad SMARTS) is 1. The SMILES string of the molecule is CC(C(=O)O)C12CCC(CC1)O2. The van der Waals surface area contributed by atoms with Crippen LogP contribution in [0, 0.1) is 5.92 Å². The Bertz CT molecular complexity index is 204. The van der Waals surface area contributed by atoms with Gasteiger partial charge in [0.1, 0.15) is 0 Å². The molecule has 2 aliphatic heterocycles. The Kier molecular flexibility index (Phi) is 1.65. The highest BCUT2D eigenvalue weighted by atomic mass is 16.5. The quantitative estimate of drug-likeness (QED) is 0.681. The maximum Gasteiger partial charge on any atom is 0.309 e. The van der Waals surface area contributed by atoms with Crippen molar-refractivity contribution >= 4 is 5.97 Å². The van der Waals surface area contributed by atoms with Crippen LogP contribution in [0.3, 0.4) is 0 Å². The van der Waals surface area contributed by atoms with E-state index in [0.717, 1.165) is 25.7 Å². The Labute approximate surface area is 71.7 Å². The van der Waals surface area contributed by atoms with Crippen molar-refractivity contribution in [1.82, 2.24) is 0 Å². The maximum atomic E-state index is 10.8. The molecule has 1 N–H and O–H groups in total. The fourth-order valence-electron chi connectivity index (χ4n) is 2.41. The van der Waals surface area contributed by atoms with Gasteiger partial charge in [-0.2, -0.15) is 0 Å². The van der Waals surface area contributed by atoms with E-state index in [4.69, 9.17) is 9.84 Å². The number of carboxylic acids is 1. The highest BCUT2D eigenvalue weighted by Crippen LogP contribution is 2.47. The first-order valence-electron chi connectivity index (χ1n) is 4.55. The lowest BCUT2D eigenvalue weighted by Gasteiger charge is -2.28. The molecule has 12 heavy (non-hydrogen) atoms. The van der Waals surface area contributed by atoms with Gasteiger partial charge in [-0.05, 0) is 32.6 Å². The van der Waals surface area contributed by atoms with Gasteiger partial charge in [0, 0.05) is 0 Å². The van der Waals surface area contributed by atoms with Crippen molar-refractivity contribution < 1.29 is 14.6 Å². The molecule has 2 heterocycles. The minimum Gasteiger partial charge on any atom is -0.481 e. The van der Waals surface area contributed by atoms with E-state index < -0.39 is 5.97 Å². The third-order valence-corrected chi connectivity index (χ3v) is 3.34. The summed E-state index contributed by atoms with van der Waals surface area (Å²) in [6, 6.07) is 0. The van der Waals surface area contributed by atoms with Crippen molar-refractivity contribution in [1.29, 1.82) is 0 Å². The van der Waals surface area contributed by atoms with Crippen LogP contribution in [-0.2, 0) is 9.53 Å². The second kappa shape index (κ2) is 2.46. The van der Waals surface area contributed by atoms with Crippen molar-refractivity contribution in [3.8, 4) is 0 Å². The first kappa shape index (κ1) is 8.05. The van der Waals surface area contributed by atoms with E-state index in [1.165, 1.54) is 0 Å². The zero-order chi connectivity index (χ0) is 8.77. The fraction of sp³-hybridized carbons (Fsp3) is 0.889. The van der Waals surface area contributed by atoms with Crippen LogP contribution < -0.4 is 0 Å². The van der Waals surface area contributed by atoms with E-state index in [2.05, 4.69) is 0 Å². The summed E-state index contributed by atoms with van der Waals surface area (Å²) in [5.41, 5.74) is -0.309. The summed E-state index contributed by atoms with van der Waals surface area (Å²) in [6.45, 7) is 1.76. The molecule has 2 rings (SSSR count). The molecule has 3 heteroatoms. The Hall–Kier alpha value is -0.570. The van der Waals surface area contributed by atoms with Crippen molar-refractivity contribution in [3.63, 3.8) is 0 Å². The lowest BCUT2D eigenvalue weighted by atomic mass is 9.79. The van der Waals surface area contributed by atoms with Gasteiger partial charge in [-0.1, -0.05) is 0 Å². The van der Waals surface area contributed by atoms with Gasteiger partial charge >= 0.3 is 5.97 Å². The Morgan fingerprint density at radius 3 is 2.50 bits per heavy atom. The molecule has 0 saturated carbocycles. The molecule has 1 atom stereocenters. The first-order chi connectivity index (χ1) is 5.64. The zero-order valence-corrected chi connectivity index (χ0v) is 7.25. The van der Waals surface area contributed by atoms with Crippen LogP contribution >= 0.6 is 0 Å². The van der Waals surface area contributed by atoms with Crippen molar-refractivity contribution in [2.45, 2.75) is 44.3 Å². The molecule has 68 valence electrons. The van der Waals surface area contributed by atoms with Gasteiger partial charge in [-0.15, -0.1) is 0 Å². The molecule has 0 radical (unpaired) electrons. The van der Waals surface area contributed by atoms with Gasteiger partial charge < -0.3 is 9.84 Å². The van der Waals surface area contributed by atoms with Gasteiger partial charge in [0.25, 0.3) is 0 Å². The summed E-state index contributed by atoms with van der Waals surface area (Å²) in [6.07, 6.45) is 4.33. The van der Waals surface area contributed by atoms with E-state index >= 15 is 0 Å². The van der Waals surface area contributed by atoms with Crippen LogP contribution in [0.2, 0.25) is 0 Å². The number of carbonyl (C=O) groups is 1. The predicted molar refractivity (Wildman–Crippen MR) is 42.9 cm³/mol. The van der Waals surface area contributed by atoms with E-state index in [0.29, 0.717) is 6.10 Å². The minimum absolute atomic E-state index is 0.309. The Morgan fingerprint density at radius 1 is 1.58 bits per heavy atom. The van der Waals surface area contributed by atoms with Gasteiger partial charge in [0.05, 0.1) is 17.6 Å². The standard InChI is InChI=1S/C9H14O3/c1-6(8(10)11)9-4-2-7(12-9)3-5-9/h6-7H,2-5H2,1H3,(H,10,11). The molecule has 0 aliphatic carbocycles. The average Bonchev–Trinajstić information content (AvgIpc) is 2.62. The maximum absolute atomic E-state index is 10.8. The molecule has 0 amide bonds. The smallest absolute Gasteiger partial charge is 0.309 e. The second-order valence-electron chi connectivity index (χ2n) is 3.94. The van der Waals surface area contributed by atoms with Gasteiger partial charge in [0.2, 0.25) is 0 Å². The fourth-order valence-corrected chi connectivity index (χ4v) is 2.41. The van der Waals surface area contributed by atoms with Crippen LogP contribution in [0.5, 0.6) is 0 Å². The summed E-state index contributed by atoms with van der Waals surface area (Å²) in [5, 5.41) is 8.88. The molecule has 2 bridgehead atoms. The lowest BCUT2D eigenvalue weighted by Crippen LogP contribution is -2.38. The van der Waals surface area contributed by atoms with Gasteiger partial charge in [-0.25, -0.2) is 0 Å². The molecule has 0 spiro atoms. The molecule has 2 fully saturated rings. The van der Waals surface area contributed by atoms with E-state index in [9.17, 15) is 4.79 Å². The molecule has 0 aromatic carbocycles. The number of ether oxygens (including phenoxy) is 1. The Balaban J connectivity index is 2.15. The van der Waals surface area contributed by atoms with Crippen molar-refractivity contribution in [2.24, 2.45) is 5.92 Å². The van der Waals surface area contributed by atoms with Crippen LogP contribution in [0.4, 0.5) is 0 Å². The molecule has 0 aromatic rings. The summed E-state index contributed by atoms with van der Waals surface area (Å²) >= 11 is 0. The highest BCUT2D eigenvalue weighted by Gasteiger charge is 2.51. The Morgan fingerprint density at radius 2 is 2.17 bits per heavy atom. The van der Waals surface area contributed by atoms with Gasteiger partial charge in [-0.3, -0.25) is 4.79 Å². The summed E-state index contributed by atoms with van der Waals surface area (Å²) < 4.78 is 5.70. The molecule has 3 nitrogen and oxygen atoms in total. The highest BCUT2D eigenvalue weighted by molar-refractivity contribution is 5.71. The third-order valence-electron chi connectivity index (χ3n) is 3.34. The number of fused-ring (bicyclic) bond motifs is 2. The topological polar surface area (TPSA) is 46.5 Å². The largest absolute Gasteiger partial charge is 0.481 e. The number of hydrogen-bond acceptors (Lipinski definition) is 2. The van der Waals surface area contributed by atoms with Gasteiger partial charge in [0.15, 0.2) is 0 Å². The zero-order valence-electron chi connectivity index (χ0n) is 7.25. The molecular weight excluding hydrogens is 156 g/mol. The van der Waals surface area contributed by atoms with E-state index in [1.807, 2.05) is 0 Å². The minimum atomic E-state index is -0.724. The second-order valence-corrected chi connectivity index (χ2v) is 3.94. The summed E-state index contributed by atoms with van der Waals surface area (Å²) in [4.78, 5) is 10.8. The summed E-state index contributed by atoms with van der Waals surface area (Å²) in [5.74, 6) is -1.07. The monoisotopic (exact) mass is 170 g/mol.